The van der Waals surface area contributed by atoms with Crippen LogP contribution in [0, 0.1) is 10.7 Å². The Labute approximate surface area is 157 Å². The number of hydrogen-bond donors (Lipinski definition) is 2. The maximum absolute atomic E-state index is 12.6. The molecule has 2 atom stereocenters. The van der Waals surface area contributed by atoms with Gasteiger partial charge in [0.15, 0.2) is 4.77 Å². The SMILES string of the molecule is COCCn1c(=S)[nH]c2cc(C(=O)N[C@H]3CCCC[C@@H]3C)ccc2c1=O. The average molecular weight is 375 g/mol. The highest BCUT2D eigenvalue weighted by Gasteiger charge is 2.23. The van der Waals surface area contributed by atoms with Crippen LogP contribution in [-0.2, 0) is 11.3 Å². The van der Waals surface area contributed by atoms with E-state index in [4.69, 9.17) is 17.0 Å². The van der Waals surface area contributed by atoms with E-state index in [0.717, 1.165) is 19.3 Å². The number of rotatable bonds is 5. The fourth-order valence-electron chi connectivity index (χ4n) is 3.56. The lowest BCUT2D eigenvalue weighted by Gasteiger charge is -2.29. The summed E-state index contributed by atoms with van der Waals surface area (Å²) in [6.07, 6.45) is 4.56. The van der Waals surface area contributed by atoms with Crippen LogP contribution in [0.2, 0.25) is 0 Å². The lowest BCUT2D eigenvalue weighted by Crippen LogP contribution is -2.41. The van der Waals surface area contributed by atoms with Crippen molar-refractivity contribution in [2.45, 2.75) is 45.2 Å². The summed E-state index contributed by atoms with van der Waals surface area (Å²) >= 11 is 5.29. The molecule has 1 fully saturated rings. The molecule has 2 N–H and O–H groups in total. The molecule has 0 radical (unpaired) electrons. The van der Waals surface area contributed by atoms with E-state index in [9.17, 15) is 9.59 Å². The van der Waals surface area contributed by atoms with E-state index in [2.05, 4.69) is 17.2 Å². The molecule has 6 nitrogen and oxygen atoms in total. The zero-order chi connectivity index (χ0) is 18.7. The lowest BCUT2D eigenvalue weighted by molar-refractivity contribution is 0.0910. The van der Waals surface area contributed by atoms with Gasteiger partial charge in [0.1, 0.15) is 0 Å². The topological polar surface area (TPSA) is 76.1 Å². The first-order valence-corrected chi connectivity index (χ1v) is 9.48. The van der Waals surface area contributed by atoms with E-state index in [1.54, 1.807) is 25.3 Å². The number of nitrogens with one attached hydrogen (secondary N) is 2. The molecule has 3 rings (SSSR count). The van der Waals surface area contributed by atoms with E-state index >= 15 is 0 Å². The Bertz CT molecular complexity index is 918. The van der Waals surface area contributed by atoms with Gasteiger partial charge in [-0.2, -0.15) is 0 Å². The van der Waals surface area contributed by atoms with Gasteiger partial charge in [0.25, 0.3) is 11.5 Å². The largest absolute Gasteiger partial charge is 0.383 e. The van der Waals surface area contributed by atoms with E-state index in [1.807, 2.05) is 0 Å². The van der Waals surface area contributed by atoms with Crippen LogP contribution in [0.25, 0.3) is 10.9 Å². The number of amides is 1. The second-order valence-electron chi connectivity index (χ2n) is 6.98. The fourth-order valence-corrected chi connectivity index (χ4v) is 3.85. The van der Waals surface area contributed by atoms with E-state index in [0.29, 0.717) is 40.3 Å². The molecule has 0 bridgehead atoms. The Balaban J connectivity index is 1.88. The monoisotopic (exact) mass is 375 g/mol. The Morgan fingerprint density at radius 1 is 1.38 bits per heavy atom. The summed E-state index contributed by atoms with van der Waals surface area (Å²) in [6, 6.07) is 5.30. The highest BCUT2D eigenvalue weighted by molar-refractivity contribution is 7.71. The summed E-state index contributed by atoms with van der Waals surface area (Å²) < 4.78 is 6.83. The number of H-pyrrole nitrogens is 1. The summed E-state index contributed by atoms with van der Waals surface area (Å²) in [7, 11) is 1.58. The minimum Gasteiger partial charge on any atom is -0.383 e. The summed E-state index contributed by atoms with van der Waals surface area (Å²) in [5, 5.41) is 3.65. The molecule has 1 aliphatic rings. The smallest absolute Gasteiger partial charge is 0.262 e. The summed E-state index contributed by atoms with van der Waals surface area (Å²) in [5.41, 5.74) is 0.946. The minimum absolute atomic E-state index is 0.103. The van der Waals surface area contributed by atoms with Crippen LogP contribution in [0.4, 0.5) is 0 Å². The molecule has 1 aromatic carbocycles. The molecular weight excluding hydrogens is 350 g/mol. The van der Waals surface area contributed by atoms with Crippen LogP contribution in [0.5, 0.6) is 0 Å². The summed E-state index contributed by atoms with van der Waals surface area (Å²) in [5.74, 6) is 0.389. The van der Waals surface area contributed by atoms with Crippen molar-refractivity contribution in [2.24, 2.45) is 5.92 Å². The number of hydrogen-bond acceptors (Lipinski definition) is 4. The van der Waals surface area contributed by atoms with Crippen LogP contribution in [0.3, 0.4) is 0 Å². The number of aromatic nitrogens is 2. The molecule has 140 valence electrons. The van der Waals surface area contributed by atoms with E-state index in [-0.39, 0.29) is 17.5 Å². The van der Waals surface area contributed by atoms with Gasteiger partial charge in [0.2, 0.25) is 0 Å². The molecule has 1 amide bonds. The molecule has 0 spiro atoms. The molecule has 1 heterocycles. The van der Waals surface area contributed by atoms with Crippen LogP contribution in [0.15, 0.2) is 23.0 Å². The van der Waals surface area contributed by atoms with Crippen molar-refractivity contribution in [1.29, 1.82) is 0 Å². The van der Waals surface area contributed by atoms with Crippen molar-refractivity contribution in [1.82, 2.24) is 14.9 Å². The molecule has 26 heavy (non-hydrogen) atoms. The number of ether oxygens (including phenoxy) is 1. The average Bonchev–Trinajstić information content (AvgIpc) is 2.63. The predicted octanol–water partition coefficient (Wildman–Crippen LogP) is 3.01. The molecule has 1 aromatic heterocycles. The molecule has 0 saturated heterocycles. The molecule has 0 aliphatic heterocycles. The van der Waals surface area contributed by atoms with E-state index < -0.39 is 0 Å². The lowest BCUT2D eigenvalue weighted by atomic mass is 9.86. The fraction of sp³-hybridized carbons (Fsp3) is 0.526. The van der Waals surface area contributed by atoms with Gasteiger partial charge in [-0.25, -0.2) is 0 Å². The third-order valence-corrected chi connectivity index (χ3v) is 5.51. The van der Waals surface area contributed by atoms with Gasteiger partial charge in [-0.05, 0) is 49.2 Å². The van der Waals surface area contributed by atoms with Gasteiger partial charge < -0.3 is 15.0 Å². The first kappa shape index (κ1) is 18.8. The zero-order valence-electron chi connectivity index (χ0n) is 15.2. The van der Waals surface area contributed by atoms with Crippen molar-refractivity contribution >= 4 is 29.0 Å². The van der Waals surface area contributed by atoms with Crippen LogP contribution in [-0.4, -0.2) is 35.2 Å². The molecule has 7 heteroatoms. The number of carbonyl (C=O) groups excluding carboxylic acids is 1. The van der Waals surface area contributed by atoms with Gasteiger partial charge in [-0.1, -0.05) is 19.8 Å². The first-order valence-electron chi connectivity index (χ1n) is 9.08. The molecule has 2 aromatic rings. The Hall–Kier alpha value is -1.99. The van der Waals surface area contributed by atoms with Crippen molar-refractivity contribution in [2.75, 3.05) is 13.7 Å². The normalized spacial score (nSPS) is 20.2. The highest BCUT2D eigenvalue weighted by atomic mass is 32.1. The molecular formula is C19H25N3O3S. The van der Waals surface area contributed by atoms with Gasteiger partial charge in [0.05, 0.1) is 24.1 Å². The number of nitrogens with zero attached hydrogens (tertiary/aromatic N) is 1. The number of aromatic amines is 1. The maximum Gasteiger partial charge on any atom is 0.262 e. The van der Waals surface area contributed by atoms with Gasteiger partial charge >= 0.3 is 0 Å². The summed E-state index contributed by atoms with van der Waals surface area (Å²) in [6.45, 7) is 2.98. The standard InChI is InChI=1S/C19H25N3O3S/c1-12-5-3-4-6-15(12)20-17(23)13-7-8-14-16(11-13)21-19(26)22(18(14)24)9-10-25-2/h7-8,11-12,15H,3-6,9-10H2,1-2H3,(H,20,23)(H,21,26)/t12-,15-/m0/s1. The van der Waals surface area contributed by atoms with Crippen molar-refractivity contribution < 1.29 is 9.53 Å². The number of methoxy groups -OCH3 is 1. The second kappa shape index (κ2) is 8.14. The number of fused-ring (bicyclic) bond motifs is 1. The predicted molar refractivity (Wildman–Crippen MR) is 104 cm³/mol. The van der Waals surface area contributed by atoms with Gasteiger partial charge in [-0.3, -0.25) is 14.2 Å². The van der Waals surface area contributed by atoms with E-state index in [1.165, 1.54) is 11.0 Å². The third kappa shape index (κ3) is 3.88. The summed E-state index contributed by atoms with van der Waals surface area (Å²) in [4.78, 5) is 28.3. The van der Waals surface area contributed by atoms with Gasteiger partial charge in [-0.15, -0.1) is 0 Å². The van der Waals surface area contributed by atoms with Gasteiger partial charge in [0, 0.05) is 18.7 Å². The number of benzene rings is 1. The quantitative estimate of drug-likeness (QED) is 0.788. The van der Waals surface area contributed by atoms with Crippen molar-refractivity contribution in [3.05, 3.63) is 38.9 Å². The Morgan fingerprint density at radius 3 is 2.88 bits per heavy atom. The van der Waals surface area contributed by atoms with Crippen molar-refractivity contribution in [3.8, 4) is 0 Å². The second-order valence-corrected chi connectivity index (χ2v) is 7.37. The minimum atomic E-state index is -0.173. The third-order valence-electron chi connectivity index (χ3n) is 5.19. The molecule has 1 aliphatic carbocycles. The van der Waals surface area contributed by atoms with Crippen molar-refractivity contribution in [3.63, 3.8) is 0 Å². The Morgan fingerprint density at radius 2 is 2.15 bits per heavy atom. The number of carbonyl (C=O) groups is 1. The maximum atomic E-state index is 12.6. The molecule has 1 saturated carbocycles. The highest BCUT2D eigenvalue weighted by Crippen LogP contribution is 2.24. The van der Waals surface area contributed by atoms with Crippen LogP contribution >= 0.6 is 12.2 Å². The van der Waals surface area contributed by atoms with Crippen LogP contribution in [0.1, 0.15) is 43.0 Å². The molecule has 0 unspecified atom stereocenters. The first-order chi connectivity index (χ1) is 12.5. The van der Waals surface area contributed by atoms with Crippen LogP contribution < -0.4 is 10.9 Å². The Kier molecular flexibility index (Phi) is 5.88. The zero-order valence-corrected chi connectivity index (χ0v) is 16.0.